The van der Waals surface area contributed by atoms with E-state index in [-0.39, 0.29) is 29.8 Å². The van der Waals surface area contributed by atoms with E-state index in [1.165, 1.54) is 0 Å². The number of aryl methyl sites for hydroxylation is 1. The number of aromatic nitrogens is 2. The Morgan fingerprint density at radius 3 is 2.24 bits per heavy atom. The number of rotatable bonds is 4. The van der Waals surface area contributed by atoms with Crippen molar-refractivity contribution < 1.29 is 14.4 Å². The highest BCUT2D eigenvalue weighted by Crippen LogP contribution is 2.34. The molecule has 196 valence electrons. The summed E-state index contributed by atoms with van der Waals surface area (Å²) in [5.41, 5.74) is 3.49. The van der Waals surface area contributed by atoms with Crippen LogP contribution in [0.3, 0.4) is 0 Å². The lowest BCUT2D eigenvalue weighted by Crippen LogP contribution is -2.59. The molecule has 3 atom stereocenters. The van der Waals surface area contributed by atoms with Crippen LogP contribution in [0.15, 0.2) is 54.6 Å². The van der Waals surface area contributed by atoms with E-state index in [1.54, 1.807) is 0 Å². The van der Waals surface area contributed by atoms with Gasteiger partial charge in [0.1, 0.15) is 17.4 Å². The molecule has 6 rings (SSSR count). The Morgan fingerprint density at radius 1 is 0.868 bits per heavy atom. The number of amides is 3. The summed E-state index contributed by atoms with van der Waals surface area (Å²) < 4.78 is 0. The van der Waals surface area contributed by atoms with Crippen LogP contribution in [0.2, 0.25) is 0 Å². The normalized spacial score (nSPS) is 19.9. The van der Waals surface area contributed by atoms with Crippen LogP contribution in [0.4, 0.5) is 0 Å². The van der Waals surface area contributed by atoms with Gasteiger partial charge in [-0.3, -0.25) is 14.4 Å². The van der Waals surface area contributed by atoms with Crippen molar-refractivity contribution in [2.75, 3.05) is 13.1 Å². The zero-order valence-corrected chi connectivity index (χ0v) is 22.2. The summed E-state index contributed by atoms with van der Waals surface area (Å²) in [6.07, 6.45) is 0.754. The molecule has 4 aromatic rings. The Bertz CT molecular complexity index is 1540. The van der Waals surface area contributed by atoms with Crippen LogP contribution in [0, 0.1) is 12.3 Å². The third-order valence-electron chi connectivity index (χ3n) is 7.96. The highest BCUT2D eigenvalue weighted by atomic mass is 16.2. The van der Waals surface area contributed by atoms with Crippen molar-refractivity contribution in [1.29, 1.82) is 0 Å². The minimum Gasteiger partial charge on any atom is -0.351 e. The molecule has 2 aliphatic rings. The van der Waals surface area contributed by atoms with Crippen molar-refractivity contribution in [1.82, 2.24) is 25.1 Å². The van der Waals surface area contributed by atoms with Gasteiger partial charge >= 0.3 is 0 Å². The van der Waals surface area contributed by atoms with E-state index in [0.29, 0.717) is 24.5 Å². The van der Waals surface area contributed by atoms with Gasteiger partial charge in [-0.25, -0.2) is 0 Å². The number of aromatic amines is 2. The lowest BCUT2D eigenvalue weighted by Gasteiger charge is -2.39. The third-order valence-corrected chi connectivity index (χ3v) is 7.96. The van der Waals surface area contributed by atoms with E-state index in [4.69, 9.17) is 0 Å². The number of H-pyrrole nitrogens is 2. The Labute approximate surface area is 221 Å². The Morgan fingerprint density at radius 2 is 1.53 bits per heavy atom. The molecule has 2 aliphatic heterocycles. The first-order valence-electron chi connectivity index (χ1n) is 13.2. The Hall–Kier alpha value is -4.07. The predicted molar refractivity (Wildman–Crippen MR) is 147 cm³/mol. The molecule has 2 aromatic heterocycles. The molecule has 8 heteroatoms. The summed E-state index contributed by atoms with van der Waals surface area (Å²) in [5.74, 6) is -0.426. The highest BCUT2D eigenvalue weighted by molar-refractivity contribution is 6.01. The Kier molecular flexibility index (Phi) is 5.59. The van der Waals surface area contributed by atoms with Gasteiger partial charge in [0.25, 0.3) is 11.8 Å². The molecule has 3 amide bonds. The maximum Gasteiger partial charge on any atom is 0.270 e. The van der Waals surface area contributed by atoms with Crippen LogP contribution in [0.25, 0.3) is 21.8 Å². The molecule has 3 unspecified atom stereocenters. The number of hydrogen-bond acceptors (Lipinski definition) is 3. The summed E-state index contributed by atoms with van der Waals surface area (Å²) in [6.45, 7) is 8.88. The van der Waals surface area contributed by atoms with Gasteiger partial charge in [0, 0.05) is 34.9 Å². The van der Waals surface area contributed by atoms with Gasteiger partial charge in [-0.1, -0.05) is 51.1 Å². The number of hydrogen-bond donors (Lipinski definition) is 3. The van der Waals surface area contributed by atoms with Crippen molar-refractivity contribution in [2.24, 2.45) is 5.41 Å². The molecular weight excluding hydrogens is 478 g/mol. The number of nitrogens with zero attached hydrogens (tertiary/aromatic N) is 2. The quantitative estimate of drug-likeness (QED) is 0.382. The zero-order valence-electron chi connectivity index (χ0n) is 22.2. The van der Waals surface area contributed by atoms with Crippen LogP contribution >= 0.6 is 0 Å². The van der Waals surface area contributed by atoms with Crippen molar-refractivity contribution in [3.8, 4) is 0 Å². The van der Waals surface area contributed by atoms with Crippen molar-refractivity contribution in [3.05, 3.63) is 71.5 Å². The molecule has 0 radical (unpaired) electrons. The summed E-state index contributed by atoms with van der Waals surface area (Å²) in [4.78, 5) is 50.5. The molecule has 2 aromatic carbocycles. The predicted octanol–water partition coefficient (Wildman–Crippen LogP) is 4.23. The van der Waals surface area contributed by atoms with Crippen molar-refractivity contribution in [2.45, 2.75) is 52.2 Å². The molecule has 0 saturated carbocycles. The molecule has 2 bridgehead atoms. The fourth-order valence-electron chi connectivity index (χ4n) is 5.92. The smallest absolute Gasteiger partial charge is 0.270 e. The third kappa shape index (κ3) is 4.14. The highest BCUT2D eigenvalue weighted by Gasteiger charge is 2.50. The van der Waals surface area contributed by atoms with Crippen molar-refractivity contribution in [3.63, 3.8) is 0 Å². The lowest BCUT2D eigenvalue weighted by atomic mass is 9.85. The van der Waals surface area contributed by atoms with Crippen LogP contribution in [-0.2, 0) is 4.79 Å². The topological polar surface area (TPSA) is 101 Å². The number of carbonyl (C=O) groups excluding carboxylic acids is 3. The second-order valence-electron chi connectivity index (χ2n) is 11.8. The summed E-state index contributed by atoms with van der Waals surface area (Å²) >= 11 is 0. The summed E-state index contributed by atoms with van der Waals surface area (Å²) in [7, 11) is 0. The number of para-hydroxylation sites is 1. The second kappa shape index (κ2) is 8.75. The molecule has 3 N–H and O–H groups in total. The number of fused-ring (bicyclic) bond motifs is 4. The van der Waals surface area contributed by atoms with E-state index in [1.807, 2.05) is 92.1 Å². The fraction of sp³-hybridized carbons (Fsp3) is 0.367. The standard InChI is InChI=1S/C30H33N5O3/c1-17-9-10-19-13-25(32-23(19)11-17)28(37)34-15-21-14-20(34)16-35(21)29(38)26(30(2,3)4)33-27(36)24-12-18-7-5-6-8-22(18)31-24/h5-13,20-21,26,31-32H,14-16H2,1-4H3,(H,33,36). The number of likely N-dealkylation sites (tertiary alicyclic amines) is 2. The van der Waals surface area contributed by atoms with Crippen LogP contribution in [0.5, 0.6) is 0 Å². The van der Waals surface area contributed by atoms with Gasteiger partial charge < -0.3 is 25.1 Å². The van der Waals surface area contributed by atoms with Crippen LogP contribution in [-0.4, -0.2) is 68.7 Å². The molecule has 8 nitrogen and oxygen atoms in total. The van der Waals surface area contributed by atoms with Crippen LogP contribution < -0.4 is 5.32 Å². The molecule has 2 fully saturated rings. The maximum atomic E-state index is 13.8. The summed E-state index contributed by atoms with van der Waals surface area (Å²) in [6, 6.07) is 16.7. The van der Waals surface area contributed by atoms with Crippen LogP contribution in [0.1, 0.15) is 53.7 Å². The summed E-state index contributed by atoms with van der Waals surface area (Å²) in [5, 5.41) is 4.96. The number of nitrogens with one attached hydrogen (secondary N) is 3. The molecule has 38 heavy (non-hydrogen) atoms. The van der Waals surface area contributed by atoms with E-state index in [9.17, 15) is 14.4 Å². The molecular formula is C30H33N5O3. The van der Waals surface area contributed by atoms with E-state index < -0.39 is 11.5 Å². The van der Waals surface area contributed by atoms with Gasteiger partial charge in [-0.15, -0.1) is 0 Å². The van der Waals surface area contributed by atoms with Gasteiger partial charge in [-0.05, 0) is 48.6 Å². The number of benzene rings is 2. The Balaban J connectivity index is 1.16. The van der Waals surface area contributed by atoms with E-state index in [2.05, 4.69) is 15.3 Å². The SMILES string of the molecule is Cc1ccc2cc(C(=O)N3CC4CC3CN4C(=O)C(NC(=O)c3cc4ccccc4[nH]3)C(C)(C)C)[nH]c2c1. The zero-order chi connectivity index (χ0) is 26.8. The first-order chi connectivity index (χ1) is 18.1. The average Bonchev–Trinajstić information content (AvgIpc) is 3.66. The monoisotopic (exact) mass is 511 g/mol. The first-order valence-corrected chi connectivity index (χ1v) is 13.2. The first kappa shape index (κ1) is 24.3. The maximum absolute atomic E-state index is 13.8. The van der Waals surface area contributed by atoms with E-state index >= 15 is 0 Å². The molecule has 0 spiro atoms. The van der Waals surface area contributed by atoms with E-state index in [0.717, 1.165) is 33.8 Å². The average molecular weight is 512 g/mol. The lowest BCUT2D eigenvalue weighted by molar-refractivity contribution is -0.138. The largest absolute Gasteiger partial charge is 0.351 e. The molecule has 0 aliphatic carbocycles. The number of carbonyl (C=O) groups is 3. The number of piperazine rings is 1. The molecule has 2 saturated heterocycles. The minimum absolute atomic E-state index is 0.0297. The molecule has 4 heterocycles. The van der Waals surface area contributed by atoms with Crippen molar-refractivity contribution >= 4 is 39.5 Å². The van der Waals surface area contributed by atoms with Gasteiger partial charge in [0.15, 0.2) is 0 Å². The fourth-order valence-corrected chi connectivity index (χ4v) is 5.92. The van der Waals surface area contributed by atoms with Gasteiger partial charge in [0.05, 0.1) is 12.1 Å². The minimum atomic E-state index is -0.693. The second-order valence-corrected chi connectivity index (χ2v) is 11.8. The van der Waals surface area contributed by atoms with Gasteiger partial charge in [0.2, 0.25) is 5.91 Å². The van der Waals surface area contributed by atoms with Gasteiger partial charge in [-0.2, -0.15) is 0 Å².